The third-order valence-corrected chi connectivity index (χ3v) is 3.63. The lowest BCUT2D eigenvalue weighted by Gasteiger charge is -2.11. The summed E-state index contributed by atoms with van der Waals surface area (Å²) in [4.78, 5) is 23.4. The minimum Gasteiger partial charge on any atom is -0.481 e. The fourth-order valence-corrected chi connectivity index (χ4v) is 2.39. The van der Waals surface area contributed by atoms with Gasteiger partial charge in [0.2, 0.25) is 0 Å². The van der Waals surface area contributed by atoms with Gasteiger partial charge in [0.1, 0.15) is 0 Å². The van der Waals surface area contributed by atoms with Crippen molar-refractivity contribution in [2.24, 2.45) is 0 Å². The molecule has 108 valence electrons. The molecule has 0 radical (unpaired) electrons. The van der Waals surface area contributed by atoms with Crippen LogP contribution in [0.25, 0.3) is 0 Å². The van der Waals surface area contributed by atoms with E-state index < -0.39 is 5.97 Å². The largest absolute Gasteiger partial charge is 0.481 e. The highest BCUT2D eigenvalue weighted by Crippen LogP contribution is 2.24. The van der Waals surface area contributed by atoms with Crippen LogP contribution < -0.4 is 5.73 Å². The predicted molar refractivity (Wildman–Crippen MR) is 84.5 cm³/mol. The van der Waals surface area contributed by atoms with E-state index in [1.807, 2.05) is 6.92 Å². The number of nitrogens with two attached hydrogens (primary N) is 1. The van der Waals surface area contributed by atoms with Crippen molar-refractivity contribution in [2.45, 2.75) is 13.3 Å². The van der Waals surface area contributed by atoms with Crippen LogP contribution in [0, 0.1) is 6.92 Å². The summed E-state index contributed by atoms with van der Waals surface area (Å²) in [5.74, 6) is -1.19. The summed E-state index contributed by atoms with van der Waals surface area (Å²) >= 11 is 3.31. The lowest BCUT2D eigenvalue weighted by Crippen LogP contribution is -2.11. The Kier molecular flexibility index (Phi) is 4.43. The molecule has 0 unspecified atom stereocenters. The molecule has 2 aromatic carbocycles. The number of nitrogen functional groups attached to an aromatic ring is 1. The van der Waals surface area contributed by atoms with Crippen LogP contribution >= 0.6 is 15.9 Å². The molecule has 4 nitrogen and oxygen atoms in total. The van der Waals surface area contributed by atoms with Crippen LogP contribution in [0.1, 0.15) is 27.0 Å². The van der Waals surface area contributed by atoms with Crippen molar-refractivity contribution in [3.05, 3.63) is 63.1 Å². The van der Waals surface area contributed by atoms with Gasteiger partial charge in [0.05, 0.1) is 6.42 Å². The monoisotopic (exact) mass is 347 g/mol. The summed E-state index contributed by atoms with van der Waals surface area (Å²) in [5.41, 5.74) is 8.33. The number of aryl methyl sites for hydroxylation is 1. The molecule has 0 spiro atoms. The highest BCUT2D eigenvalue weighted by atomic mass is 79.9. The third kappa shape index (κ3) is 3.49. The zero-order valence-electron chi connectivity index (χ0n) is 11.4. The van der Waals surface area contributed by atoms with E-state index in [2.05, 4.69) is 15.9 Å². The lowest BCUT2D eigenvalue weighted by atomic mass is 9.95. The van der Waals surface area contributed by atoms with Crippen LogP contribution in [0.3, 0.4) is 0 Å². The van der Waals surface area contributed by atoms with Crippen LogP contribution in [0.4, 0.5) is 5.69 Å². The van der Waals surface area contributed by atoms with Gasteiger partial charge in [-0.05, 0) is 48.4 Å². The smallest absolute Gasteiger partial charge is 0.307 e. The van der Waals surface area contributed by atoms with Gasteiger partial charge in [-0.2, -0.15) is 0 Å². The topological polar surface area (TPSA) is 80.4 Å². The molecular formula is C16H14BrNO3. The van der Waals surface area contributed by atoms with Gasteiger partial charge in [0.15, 0.2) is 5.78 Å². The number of carbonyl (C=O) groups excluding carboxylic acids is 1. The number of aliphatic carboxylic acids is 1. The second-order valence-corrected chi connectivity index (χ2v) is 5.71. The van der Waals surface area contributed by atoms with E-state index in [1.54, 1.807) is 36.4 Å². The summed E-state index contributed by atoms with van der Waals surface area (Å²) in [5, 5.41) is 8.91. The molecular weight excluding hydrogens is 334 g/mol. The summed E-state index contributed by atoms with van der Waals surface area (Å²) in [6.07, 6.45) is -0.200. The number of hydrogen-bond acceptors (Lipinski definition) is 3. The average Bonchev–Trinajstić information content (AvgIpc) is 2.42. The Bertz CT molecular complexity index is 708. The Hall–Kier alpha value is -2.14. The van der Waals surface area contributed by atoms with E-state index in [1.165, 1.54) is 0 Å². The van der Waals surface area contributed by atoms with Crippen LogP contribution in [0.15, 0.2) is 40.9 Å². The average molecular weight is 348 g/mol. The maximum absolute atomic E-state index is 12.5. The number of rotatable bonds is 4. The van der Waals surface area contributed by atoms with Crippen molar-refractivity contribution in [3.63, 3.8) is 0 Å². The Morgan fingerprint density at radius 1 is 1.19 bits per heavy atom. The van der Waals surface area contributed by atoms with E-state index in [0.29, 0.717) is 16.7 Å². The van der Waals surface area contributed by atoms with Crippen LogP contribution in [-0.4, -0.2) is 16.9 Å². The number of carboxylic acids is 1. The summed E-state index contributed by atoms with van der Waals surface area (Å²) < 4.78 is 0.878. The standard InChI is InChI=1S/C16H14BrNO3/c1-9-6-11(8-14(19)20)15(18)13(7-9)16(21)10-2-4-12(17)5-3-10/h2-7H,8,18H2,1H3,(H,19,20). The van der Waals surface area contributed by atoms with Gasteiger partial charge < -0.3 is 10.8 Å². The fraction of sp³-hybridized carbons (Fsp3) is 0.125. The SMILES string of the molecule is Cc1cc(CC(=O)O)c(N)c(C(=O)c2ccc(Br)cc2)c1. The van der Waals surface area contributed by atoms with E-state index in [9.17, 15) is 9.59 Å². The molecule has 2 rings (SSSR count). The molecule has 3 N–H and O–H groups in total. The Balaban J connectivity index is 2.47. The van der Waals surface area contributed by atoms with E-state index in [0.717, 1.165) is 10.0 Å². The van der Waals surface area contributed by atoms with Gasteiger partial charge in [-0.3, -0.25) is 9.59 Å². The maximum Gasteiger partial charge on any atom is 0.307 e. The molecule has 2 aromatic rings. The number of anilines is 1. The first-order chi connectivity index (χ1) is 9.88. The maximum atomic E-state index is 12.5. The first kappa shape index (κ1) is 15.3. The fourth-order valence-electron chi connectivity index (χ4n) is 2.13. The van der Waals surface area contributed by atoms with Gasteiger partial charge in [0.25, 0.3) is 0 Å². The molecule has 0 saturated carbocycles. The number of ketones is 1. The van der Waals surface area contributed by atoms with E-state index in [-0.39, 0.29) is 17.9 Å². The Morgan fingerprint density at radius 2 is 1.81 bits per heavy atom. The molecule has 0 bridgehead atoms. The predicted octanol–water partition coefficient (Wildman–Crippen LogP) is 3.20. The second-order valence-electron chi connectivity index (χ2n) is 4.79. The van der Waals surface area contributed by atoms with Crippen molar-refractivity contribution in [1.29, 1.82) is 0 Å². The normalized spacial score (nSPS) is 10.4. The quantitative estimate of drug-likeness (QED) is 0.657. The van der Waals surface area contributed by atoms with Gasteiger partial charge >= 0.3 is 5.97 Å². The summed E-state index contributed by atoms with van der Waals surface area (Å²) in [7, 11) is 0. The number of hydrogen-bond donors (Lipinski definition) is 2. The lowest BCUT2D eigenvalue weighted by molar-refractivity contribution is -0.136. The van der Waals surface area contributed by atoms with Crippen LogP contribution in [0.5, 0.6) is 0 Å². The molecule has 5 heteroatoms. The molecule has 0 saturated heterocycles. The zero-order valence-corrected chi connectivity index (χ0v) is 13.0. The van der Waals surface area contributed by atoms with Crippen molar-refractivity contribution < 1.29 is 14.7 Å². The van der Waals surface area contributed by atoms with E-state index in [4.69, 9.17) is 10.8 Å². The number of benzene rings is 2. The summed E-state index contributed by atoms with van der Waals surface area (Å²) in [6, 6.07) is 10.3. The molecule has 0 aliphatic carbocycles. The van der Waals surface area contributed by atoms with Crippen molar-refractivity contribution in [1.82, 2.24) is 0 Å². The Labute approximate surface area is 130 Å². The second kappa shape index (κ2) is 6.10. The number of halogens is 1. The molecule has 0 aliphatic rings. The highest BCUT2D eigenvalue weighted by molar-refractivity contribution is 9.10. The van der Waals surface area contributed by atoms with Crippen LogP contribution in [-0.2, 0) is 11.2 Å². The molecule has 0 amide bonds. The van der Waals surface area contributed by atoms with Gasteiger partial charge in [-0.25, -0.2) is 0 Å². The zero-order chi connectivity index (χ0) is 15.6. The first-order valence-electron chi connectivity index (χ1n) is 6.29. The first-order valence-corrected chi connectivity index (χ1v) is 7.09. The number of carbonyl (C=O) groups is 2. The van der Waals surface area contributed by atoms with Gasteiger partial charge in [0, 0.05) is 21.3 Å². The minimum atomic E-state index is -0.977. The molecule has 0 atom stereocenters. The number of carboxylic acid groups (broad SMARTS) is 1. The molecule has 0 aliphatic heterocycles. The summed E-state index contributed by atoms with van der Waals surface area (Å²) in [6.45, 7) is 1.81. The van der Waals surface area contributed by atoms with Gasteiger partial charge in [-0.15, -0.1) is 0 Å². The van der Waals surface area contributed by atoms with Crippen molar-refractivity contribution in [2.75, 3.05) is 5.73 Å². The van der Waals surface area contributed by atoms with E-state index >= 15 is 0 Å². The minimum absolute atomic E-state index is 0.200. The highest BCUT2D eigenvalue weighted by Gasteiger charge is 2.17. The molecule has 0 fully saturated rings. The van der Waals surface area contributed by atoms with Gasteiger partial charge in [-0.1, -0.05) is 22.0 Å². The van der Waals surface area contributed by atoms with Crippen LogP contribution in [0.2, 0.25) is 0 Å². The molecule has 21 heavy (non-hydrogen) atoms. The van der Waals surface area contributed by atoms with Crippen molar-refractivity contribution in [3.8, 4) is 0 Å². The Morgan fingerprint density at radius 3 is 2.38 bits per heavy atom. The molecule has 0 aromatic heterocycles. The third-order valence-electron chi connectivity index (χ3n) is 3.10. The molecule has 0 heterocycles. The van der Waals surface area contributed by atoms with Crippen molar-refractivity contribution >= 4 is 33.4 Å².